The van der Waals surface area contributed by atoms with E-state index in [1.54, 1.807) is 42.5 Å². The van der Waals surface area contributed by atoms with Crippen LogP contribution in [0.25, 0.3) is 11.6 Å². The molecule has 7 nitrogen and oxygen atoms in total. The normalized spacial score (nSPS) is 10.7. The third-order valence-corrected chi connectivity index (χ3v) is 3.34. The minimum absolute atomic E-state index is 0.238. The van der Waals surface area contributed by atoms with Crippen LogP contribution in [0.3, 0.4) is 0 Å². The number of nitrogens with two attached hydrogens (primary N) is 1. The predicted octanol–water partition coefficient (Wildman–Crippen LogP) is 1.97. The first kappa shape index (κ1) is 18.7. The summed E-state index contributed by atoms with van der Waals surface area (Å²) < 4.78 is 10.3. The van der Waals surface area contributed by atoms with Crippen LogP contribution in [-0.4, -0.2) is 31.6 Å². The van der Waals surface area contributed by atoms with E-state index in [1.807, 2.05) is 23.5 Å². The van der Waals surface area contributed by atoms with Gasteiger partial charge < -0.3 is 15.2 Å². The maximum atomic E-state index is 12.5. The first-order chi connectivity index (χ1) is 12.5. The zero-order valence-corrected chi connectivity index (χ0v) is 14.1. The van der Waals surface area contributed by atoms with E-state index in [1.165, 1.54) is 7.11 Å². The van der Waals surface area contributed by atoms with Crippen molar-refractivity contribution in [3.05, 3.63) is 65.7 Å². The molecular formula is C19H18N2O5. The Balaban J connectivity index is 2.30. The second-order valence-electron chi connectivity index (χ2n) is 5.15. The highest BCUT2D eigenvalue weighted by atomic mass is 16.5. The lowest BCUT2D eigenvalue weighted by Gasteiger charge is -2.10. The van der Waals surface area contributed by atoms with Gasteiger partial charge in [0, 0.05) is 5.56 Å². The first-order valence-electron chi connectivity index (χ1n) is 7.68. The molecule has 3 N–H and O–H groups in total. The summed E-state index contributed by atoms with van der Waals surface area (Å²) in [6, 6.07) is 15.0. The number of esters is 1. The maximum Gasteiger partial charge on any atom is 0.339 e. The molecule has 0 bridgehead atoms. The molecule has 0 unspecified atom stereocenters. The number of hydrogen-bond acceptors (Lipinski definition) is 5. The lowest BCUT2D eigenvalue weighted by Crippen LogP contribution is -2.37. The van der Waals surface area contributed by atoms with E-state index in [4.69, 9.17) is 15.2 Å². The zero-order valence-electron chi connectivity index (χ0n) is 14.1. The largest absolute Gasteiger partial charge is 0.496 e. The van der Waals surface area contributed by atoms with Crippen molar-refractivity contribution in [1.29, 1.82) is 0 Å². The van der Waals surface area contributed by atoms with Gasteiger partial charge in [-0.3, -0.25) is 10.1 Å². The van der Waals surface area contributed by atoms with Crippen molar-refractivity contribution in [2.45, 2.75) is 0 Å². The maximum absolute atomic E-state index is 12.5. The molecule has 2 rings (SSSR count). The Morgan fingerprint density at radius 3 is 2.35 bits per heavy atom. The van der Waals surface area contributed by atoms with Crippen LogP contribution in [0.1, 0.15) is 11.1 Å². The number of carbonyl (C=O) groups is 3. The SMILES string of the molecule is COc1ccccc1/C=C(/C(=O)OCC(=O)NC(N)=O)c1ccccc1. The van der Waals surface area contributed by atoms with Crippen LogP contribution in [0.5, 0.6) is 5.75 Å². The van der Waals surface area contributed by atoms with Crippen molar-refractivity contribution in [2.24, 2.45) is 5.73 Å². The van der Waals surface area contributed by atoms with Crippen molar-refractivity contribution in [1.82, 2.24) is 5.32 Å². The molecule has 0 fully saturated rings. The van der Waals surface area contributed by atoms with Gasteiger partial charge in [0.05, 0.1) is 12.7 Å². The molecule has 0 heterocycles. The van der Waals surface area contributed by atoms with E-state index < -0.39 is 24.5 Å². The monoisotopic (exact) mass is 354 g/mol. The van der Waals surface area contributed by atoms with Crippen LogP contribution in [0.4, 0.5) is 4.79 Å². The third kappa shape index (κ3) is 5.20. The Bertz CT molecular complexity index is 831. The molecule has 0 aliphatic heterocycles. The summed E-state index contributed by atoms with van der Waals surface area (Å²) in [6.07, 6.45) is 1.61. The van der Waals surface area contributed by atoms with Gasteiger partial charge in [-0.05, 0) is 17.7 Å². The van der Waals surface area contributed by atoms with Crippen LogP contribution in [0.2, 0.25) is 0 Å². The average molecular weight is 354 g/mol. The smallest absolute Gasteiger partial charge is 0.339 e. The number of amides is 3. The first-order valence-corrected chi connectivity index (χ1v) is 7.68. The number of rotatable bonds is 6. The van der Waals surface area contributed by atoms with Gasteiger partial charge in [0.2, 0.25) is 0 Å². The minimum Gasteiger partial charge on any atom is -0.496 e. The lowest BCUT2D eigenvalue weighted by molar-refractivity contribution is -0.142. The molecule has 2 aromatic carbocycles. The van der Waals surface area contributed by atoms with Crippen LogP contribution in [0, 0.1) is 0 Å². The summed E-state index contributed by atoms with van der Waals surface area (Å²) in [5, 5.41) is 1.83. The van der Waals surface area contributed by atoms with Crippen molar-refractivity contribution in [3.63, 3.8) is 0 Å². The average Bonchev–Trinajstić information content (AvgIpc) is 2.64. The van der Waals surface area contributed by atoms with E-state index in [0.717, 1.165) is 0 Å². The number of imide groups is 1. The van der Waals surface area contributed by atoms with E-state index >= 15 is 0 Å². The molecule has 0 radical (unpaired) electrons. The molecule has 0 atom stereocenters. The molecule has 134 valence electrons. The molecule has 0 saturated heterocycles. The fraction of sp³-hybridized carbons (Fsp3) is 0.105. The number of ether oxygens (including phenoxy) is 2. The van der Waals surface area contributed by atoms with E-state index in [2.05, 4.69) is 0 Å². The summed E-state index contributed by atoms with van der Waals surface area (Å²) in [5.74, 6) is -0.947. The number of benzene rings is 2. The zero-order chi connectivity index (χ0) is 18.9. The highest BCUT2D eigenvalue weighted by Crippen LogP contribution is 2.25. The summed E-state index contributed by atoms with van der Waals surface area (Å²) in [7, 11) is 1.53. The lowest BCUT2D eigenvalue weighted by atomic mass is 10.0. The topological polar surface area (TPSA) is 108 Å². The number of methoxy groups -OCH3 is 1. The summed E-state index contributed by atoms with van der Waals surface area (Å²) in [4.78, 5) is 34.6. The molecule has 0 saturated carbocycles. The summed E-state index contributed by atoms with van der Waals surface area (Å²) in [6.45, 7) is -0.627. The van der Waals surface area contributed by atoms with Crippen LogP contribution < -0.4 is 15.8 Å². The second kappa shape index (κ2) is 9.03. The van der Waals surface area contributed by atoms with E-state index in [9.17, 15) is 14.4 Å². The summed E-state index contributed by atoms with van der Waals surface area (Å²) in [5.41, 5.74) is 6.37. The Hall–Kier alpha value is -3.61. The van der Waals surface area contributed by atoms with Crippen molar-refractivity contribution >= 4 is 29.6 Å². The highest BCUT2D eigenvalue weighted by molar-refractivity contribution is 6.22. The minimum atomic E-state index is -1.01. The highest BCUT2D eigenvalue weighted by Gasteiger charge is 2.16. The van der Waals surface area contributed by atoms with Gasteiger partial charge in [0.15, 0.2) is 6.61 Å². The van der Waals surface area contributed by atoms with E-state index in [0.29, 0.717) is 16.9 Å². The number of nitrogens with one attached hydrogen (secondary N) is 1. The van der Waals surface area contributed by atoms with Gasteiger partial charge >= 0.3 is 12.0 Å². The number of carbonyl (C=O) groups excluding carboxylic acids is 3. The fourth-order valence-electron chi connectivity index (χ4n) is 2.20. The van der Waals surface area contributed by atoms with Crippen LogP contribution in [0.15, 0.2) is 54.6 Å². The van der Waals surface area contributed by atoms with Crippen LogP contribution in [-0.2, 0) is 14.3 Å². The van der Waals surface area contributed by atoms with Gasteiger partial charge in [0.25, 0.3) is 5.91 Å². The number of hydrogen-bond donors (Lipinski definition) is 2. The Morgan fingerprint density at radius 2 is 1.69 bits per heavy atom. The number of primary amides is 1. The van der Waals surface area contributed by atoms with Gasteiger partial charge in [-0.25, -0.2) is 9.59 Å². The van der Waals surface area contributed by atoms with E-state index in [-0.39, 0.29) is 5.57 Å². The Morgan fingerprint density at radius 1 is 1.04 bits per heavy atom. The number of para-hydroxylation sites is 1. The quantitative estimate of drug-likeness (QED) is 0.468. The molecule has 3 amide bonds. The second-order valence-corrected chi connectivity index (χ2v) is 5.15. The third-order valence-electron chi connectivity index (χ3n) is 3.34. The van der Waals surface area contributed by atoms with Gasteiger partial charge in [-0.1, -0.05) is 48.5 Å². The van der Waals surface area contributed by atoms with Crippen molar-refractivity contribution in [3.8, 4) is 5.75 Å². The van der Waals surface area contributed by atoms with Gasteiger partial charge in [0.1, 0.15) is 5.75 Å². The molecule has 0 aliphatic carbocycles. The van der Waals surface area contributed by atoms with Gasteiger partial charge in [-0.15, -0.1) is 0 Å². The molecule has 0 spiro atoms. The Kier molecular flexibility index (Phi) is 6.50. The standard InChI is InChI=1S/C19H18N2O5/c1-25-16-10-6-5-9-14(16)11-15(13-7-3-2-4-8-13)18(23)26-12-17(22)21-19(20)24/h2-11H,12H2,1H3,(H3,20,21,22,24)/b15-11+. The Labute approximate surface area is 150 Å². The predicted molar refractivity (Wildman–Crippen MR) is 96.0 cm³/mol. The molecule has 0 aliphatic rings. The molecule has 0 aromatic heterocycles. The van der Waals surface area contributed by atoms with Crippen molar-refractivity contribution in [2.75, 3.05) is 13.7 Å². The molecule has 7 heteroatoms. The molecule has 26 heavy (non-hydrogen) atoms. The fourth-order valence-corrected chi connectivity index (χ4v) is 2.20. The number of urea groups is 1. The summed E-state index contributed by atoms with van der Waals surface area (Å²) >= 11 is 0. The van der Waals surface area contributed by atoms with Crippen LogP contribution >= 0.6 is 0 Å². The molecule has 2 aromatic rings. The molecular weight excluding hydrogens is 336 g/mol. The van der Waals surface area contributed by atoms with Crippen molar-refractivity contribution < 1.29 is 23.9 Å². The van der Waals surface area contributed by atoms with Gasteiger partial charge in [-0.2, -0.15) is 0 Å².